The fourth-order valence-electron chi connectivity index (χ4n) is 3.39. The minimum Gasteiger partial charge on any atom is -0.497 e. The third-order valence-electron chi connectivity index (χ3n) is 4.64. The van der Waals surface area contributed by atoms with Gasteiger partial charge in [0.1, 0.15) is 5.75 Å². The molecular weight excluding hydrogens is 344 g/mol. The summed E-state index contributed by atoms with van der Waals surface area (Å²) in [6, 6.07) is 16.2. The maximum absolute atomic E-state index is 5.76. The van der Waals surface area contributed by atoms with Crippen LogP contribution in [0.2, 0.25) is 0 Å². The van der Waals surface area contributed by atoms with E-state index in [-0.39, 0.29) is 6.04 Å². The van der Waals surface area contributed by atoms with E-state index in [1.54, 1.807) is 7.11 Å². The van der Waals surface area contributed by atoms with Gasteiger partial charge in [0, 0.05) is 49.1 Å². The summed E-state index contributed by atoms with van der Waals surface area (Å²) in [6.07, 6.45) is 5.78. The van der Waals surface area contributed by atoms with E-state index in [2.05, 4.69) is 50.2 Å². The summed E-state index contributed by atoms with van der Waals surface area (Å²) in [5.41, 5.74) is 3.33. The molecule has 2 aromatic heterocycles. The van der Waals surface area contributed by atoms with E-state index in [9.17, 15) is 0 Å². The molecule has 6 heteroatoms. The van der Waals surface area contributed by atoms with Crippen molar-refractivity contribution in [3.8, 4) is 5.75 Å². The van der Waals surface area contributed by atoms with Crippen LogP contribution >= 0.6 is 12.2 Å². The first-order valence-electron chi connectivity index (χ1n) is 8.53. The highest BCUT2D eigenvalue weighted by Crippen LogP contribution is 2.32. The van der Waals surface area contributed by atoms with Crippen molar-refractivity contribution in [2.24, 2.45) is 0 Å². The molecule has 0 radical (unpaired) electrons. The molecular formula is C20H20N4OS. The quantitative estimate of drug-likeness (QED) is 0.718. The average molecular weight is 364 g/mol. The summed E-state index contributed by atoms with van der Waals surface area (Å²) >= 11 is 5.76. The first-order valence-corrected chi connectivity index (χ1v) is 8.94. The molecule has 4 rings (SSSR count). The van der Waals surface area contributed by atoms with Crippen LogP contribution in [-0.4, -0.2) is 33.2 Å². The van der Waals surface area contributed by atoms with Crippen molar-refractivity contribution in [1.82, 2.24) is 14.5 Å². The molecule has 0 saturated carbocycles. The molecule has 0 saturated heterocycles. The van der Waals surface area contributed by atoms with Gasteiger partial charge in [0.25, 0.3) is 0 Å². The molecule has 3 aromatic rings. The van der Waals surface area contributed by atoms with Crippen LogP contribution in [0, 0.1) is 0 Å². The largest absolute Gasteiger partial charge is 0.497 e. The normalized spacial score (nSPS) is 16.0. The van der Waals surface area contributed by atoms with Crippen LogP contribution in [-0.2, 0) is 6.54 Å². The summed E-state index contributed by atoms with van der Waals surface area (Å²) in [5, 5.41) is 4.06. The number of rotatable bonds is 3. The molecule has 132 valence electrons. The lowest BCUT2D eigenvalue weighted by Crippen LogP contribution is -2.44. The Morgan fingerprint density at radius 2 is 2.00 bits per heavy atom. The van der Waals surface area contributed by atoms with Crippen molar-refractivity contribution in [3.05, 3.63) is 78.4 Å². The number of methoxy groups -OCH3 is 1. The second kappa shape index (κ2) is 7.17. The lowest BCUT2D eigenvalue weighted by atomic mass is 10.0. The minimum atomic E-state index is 0.0624. The van der Waals surface area contributed by atoms with Crippen LogP contribution in [0.5, 0.6) is 5.75 Å². The van der Waals surface area contributed by atoms with Gasteiger partial charge in [0.05, 0.1) is 13.2 Å². The average Bonchev–Trinajstić information content (AvgIpc) is 3.16. The van der Waals surface area contributed by atoms with E-state index >= 15 is 0 Å². The molecule has 1 aliphatic rings. The maximum atomic E-state index is 5.76. The second-order valence-electron chi connectivity index (χ2n) is 6.17. The highest BCUT2D eigenvalue weighted by Gasteiger charge is 2.30. The first kappa shape index (κ1) is 16.6. The van der Waals surface area contributed by atoms with Crippen molar-refractivity contribution < 1.29 is 4.74 Å². The first-order chi connectivity index (χ1) is 12.8. The van der Waals surface area contributed by atoms with E-state index in [0.29, 0.717) is 5.11 Å². The number of benzene rings is 1. The second-order valence-corrected chi connectivity index (χ2v) is 6.55. The van der Waals surface area contributed by atoms with Gasteiger partial charge in [-0.15, -0.1) is 0 Å². The molecule has 3 heterocycles. The molecule has 1 atom stereocenters. The highest BCUT2D eigenvalue weighted by atomic mass is 32.1. The molecule has 1 aromatic carbocycles. The lowest BCUT2D eigenvalue weighted by Gasteiger charge is -2.39. The number of aromatic nitrogens is 2. The summed E-state index contributed by atoms with van der Waals surface area (Å²) in [6.45, 7) is 1.74. The topological polar surface area (TPSA) is 42.3 Å². The predicted molar refractivity (Wildman–Crippen MR) is 106 cm³/mol. The molecule has 0 aliphatic carbocycles. The highest BCUT2D eigenvalue weighted by molar-refractivity contribution is 7.80. The van der Waals surface area contributed by atoms with E-state index in [1.165, 1.54) is 11.3 Å². The van der Waals surface area contributed by atoms with E-state index in [0.717, 1.165) is 24.5 Å². The van der Waals surface area contributed by atoms with E-state index in [1.807, 2.05) is 36.7 Å². The van der Waals surface area contributed by atoms with Crippen molar-refractivity contribution in [2.75, 3.05) is 19.0 Å². The van der Waals surface area contributed by atoms with Crippen molar-refractivity contribution in [2.45, 2.75) is 12.6 Å². The molecule has 26 heavy (non-hydrogen) atoms. The minimum absolute atomic E-state index is 0.0624. The van der Waals surface area contributed by atoms with Crippen molar-refractivity contribution >= 4 is 23.0 Å². The number of nitrogens with one attached hydrogen (secondary N) is 1. The smallest absolute Gasteiger partial charge is 0.174 e. The van der Waals surface area contributed by atoms with Crippen LogP contribution in [0.4, 0.5) is 5.69 Å². The SMILES string of the molecule is COc1cccc(NC(=S)N2CCn3cccc3C2c2ccncc2)c1. The van der Waals surface area contributed by atoms with Gasteiger partial charge in [0.15, 0.2) is 5.11 Å². The number of pyridine rings is 1. The number of hydrogen-bond acceptors (Lipinski definition) is 3. The molecule has 1 N–H and O–H groups in total. The fraction of sp³-hybridized carbons (Fsp3) is 0.200. The summed E-state index contributed by atoms with van der Waals surface area (Å²) in [5.74, 6) is 0.802. The molecule has 0 amide bonds. The standard InChI is InChI=1S/C20H20N4OS/c1-25-17-5-2-4-16(14-17)22-20(26)24-13-12-23-11-3-6-18(23)19(24)15-7-9-21-10-8-15/h2-11,14,19H,12-13H2,1H3,(H,22,26). The third-order valence-corrected chi connectivity index (χ3v) is 4.98. The van der Waals surface area contributed by atoms with Gasteiger partial charge in [-0.05, 0) is 54.2 Å². The van der Waals surface area contributed by atoms with Gasteiger partial charge in [-0.1, -0.05) is 6.07 Å². The monoisotopic (exact) mass is 364 g/mol. The Labute approximate surface area is 158 Å². The zero-order valence-electron chi connectivity index (χ0n) is 14.5. The molecule has 1 aliphatic heterocycles. The summed E-state index contributed by atoms with van der Waals surface area (Å²) < 4.78 is 7.59. The van der Waals surface area contributed by atoms with Gasteiger partial charge >= 0.3 is 0 Å². The number of fused-ring (bicyclic) bond motifs is 1. The van der Waals surface area contributed by atoms with Crippen molar-refractivity contribution in [3.63, 3.8) is 0 Å². The summed E-state index contributed by atoms with van der Waals surface area (Å²) in [4.78, 5) is 6.39. The zero-order chi connectivity index (χ0) is 17.9. The van der Waals surface area contributed by atoms with Crippen LogP contribution in [0.3, 0.4) is 0 Å². The molecule has 5 nitrogen and oxygen atoms in total. The van der Waals surface area contributed by atoms with Crippen LogP contribution in [0.15, 0.2) is 67.1 Å². The Morgan fingerprint density at radius 3 is 2.81 bits per heavy atom. The molecule has 0 spiro atoms. The molecule has 0 fully saturated rings. The van der Waals surface area contributed by atoms with E-state index < -0.39 is 0 Å². The van der Waals surface area contributed by atoms with E-state index in [4.69, 9.17) is 17.0 Å². The Kier molecular flexibility index (Phi) is 4.58. The fourth-order valence-corrected chi connectivity index (χ4v) is 3.71. The maximum Gasteiger partial charge on any atom is 0.174 e. The summed E-state index contributed by atoms with van der Waals surface area (Å²) in [7, 11) is 1.66. The van der Waals surface area contributed by atoms with Gasteiger partial charge < -0.3 is 19.5 Å². The molecule has 1 unspecified atom stereocenters. The van der Waals surface area contributed by atoms with Crippen LogP contribution in [0.25, 0.3) is 0 Å². The van der Waals surface area contributed by atoms with Gasteiger partial charge in [-0.2, -0.15) is 0 Å². The number of nitrogens with zero attached hydrogens (tertiary/aromatic N) is 3. The number of hydrogen-bond donors (Lipinski definition) is 1. The van der Waals surface area contributed by atoms with Crippen molar-refractivity contribution in [1.29, 1.82) is 0 Å². The predicted octanol–water partition coefficient (Wildman–Crippen LogP) is 3.69. The molecule has 0 bridgehead atoms. The number of anilines is 1. The number of thiocarbonyl (C=S) groups is 1. The Balaban J connectivity index is 1.64. The van der Waals surface area contributed by atoms with Gasteiger partial charge in [-0.25, -0.2) is 0 Å². The third kappa shape index (κ3) is 3.15. The Morgan fingerprint density at radius 1 is 1.15 bits per heavy atom. The van der Waals surface area contributed by atoms with Crippen LogP contribution < -0.4 is 10.1 Å². The van der Waals surface area contributed by atoms with Gasteiger partial charge in [0.2, 0.25) is 0 Å². The van der Waals surface area contributed by atoms with Gasteiger partial charge in [-0.3, -0.25) is 4.98 Å². The Hall–Kier alpha value is -2.86. The van der Waals surface area contributed by atoms with Crippen LogP contribution in [0.1, 0.15) is 17.3 Å². The lowest BCUT2D eigenvalue weighted by molar-refractivity contribution is 0.293. The number of ether oxygens (including phenoxy) is 1. The Bertz CT molecular complexity index is 909. The zero-order valence-corrected chi connectivity index (χ0v) is 15.3.